The molecular formula is C8H13N. The Balaban J connectivity index is 2.34. The molecule has 0 spiro atoms. The molecule has 1 aliphatic carbocycles. The highest BCUT2D eigenvalue weighted by Crippen LogP contribution is 2.15. The van der Waals surface area contributed by atoms with Gasteiger partial charge in [0.1, 0.15) is 0 Å². The third-order valence-corrected chi connectivity index (χ3v) is 1.81. The van der Waals surface area contributed by atoms with Crippen LogP contribution < -0.4 is 0 Å². The Kier molecular flexibility index (Phi) is 2.49. The SMILES string of the molecule is N=CC1CCC=CCC1. The van der Waals surface area contributed by atoms with Gasteiger partial charge >= 0.3 is 0 Å². The first-order valence-corrected chi connectivity index (χ1v) is 3.59. The molecule has 1 nitrogen and oxygen atoms in total. The highest BCUT2D eigenvalue weighted by atomic mass is 14.3. The standard InChI is InChI=1S/C8H13N/c9-7-8-5-3-1-2-4-6-8/h1-2,7-9H,3-6H2. The molecule has 0 atom stereocenters. The monoisotopic (exact) mass is 123 g/mol. The second kappa shape index (κ2) is 3.44. The zero-order valence-electron chi connectivity index (χ0n) is 5.64. The van der Waals surface area contributed by atoms with Gasteiger partial charge in [-0.05, 0) is 37.8 Å². The quantitative estimate of drug-likeness (QED) is 0.409. The summed E-state index contributed by atoms with van der Waals surface area (Å²) in [5.74, 6) is 0.556. The van der Waals surface area contributed by atoms with E-state index in [-0.39, 0.29) is 0 Å². The maximum Gasteiger partial charge on any atom is -0.00165 e. The molecule has 50 valence electrons. The van der Waals surface area contributed by atoms with Gasteiger partial charge in [-0.2, -0.15) is 0 Å². The fraction of sp³-hybridized carbons (Fsp3) is 0.625. The lowest BCUT2D eigenvalue weighted by molar-refractivity contribution is 0.611. The van der Waals surface area contributed by atoms with Crippen LogP contribution in [0.1, 0.15) is 25.7 Å². The number of rotatable bonds is 1. The zero-order valence-corrected chi connectivity index (χ0v) is 5.64. The van der Waals surface area contributed by atoms with Gasteiger partial charge in [-0.15, -0.1) is 0 Å². The smallest absolute Gasteiger partial charge is 0.00165 e. The van der Waals surface area contributed by atoms with Gasteiger partial charge in [0, 0.05) is 0 Å². The van der Waals surface area contributed by atoms with E-state index in [1.54, 1.807) is 6.21 Å². The number of hydrogen-bond acceptors (Lipinski definition) is 1. The van der Waals surface area contributed by atoms with E-state index in [2.05, 4.69) is 12.2 Å². The van der Waals surface area contributed by atoms with Crippen LogP contribution in [0.2, 0.25) is 0 Å². The van der Waals surface area contributed by atoms with E-state index in [1.807, 2.05) is 0 Å². The molecule has 1 heteroatoms. The molecule has 0 aromatic heterocycles. The summed E-state index contributed by atoms with van der Waals surface area (Å²) in [5.41, 5.74) is 0. The normalized spacial score (nSPS) is 21.3. The first-order valence-electron chi connectivity index (χ1n) is 3.59. The number of hydrogen-bond donors (Lipinski definition) is 1. The second-order valence-corrected chi connectivity index (χ2v) is 2.55. The molecule has 0 amide bonds. The molecular weight excluding hydrogens is 110 g/mol. The first kappa shape index (κ1) is 6.53. The van der Waals surface area contributed by atoms with Crippen LogP contribution in [0.4, 0.5) is 0 Å². The van der Waals surface area contributed by atoms with Crippen LogP contribution in [0.3, 0.4) is 0 Å². The molecule has 0 bridgehead atoms. The van der Waals surface area contributed by atoms with Gasteiger partial charge in [-0.1, -0.05) is 12.2 Å². The lowest BCUT2D eigenvalue weighted by atomic mass is 10.0. The number of allylic oxidation sites excluding steroid dienone is 2. The molecule has 0 unspecified atom stereocenters. The molecule has 9 heavy (non-hydrogen) atoms. The second-order valence-electron chi connectivity index (χ2n) is 2.55. The molecule has 1 rings (SSSR count). The highest BCUT2D eigenvalue weighted by Gasteiger charge is 2.04. The van der Waals surface area contributed by atoms with Gasteiger partial charge in [-0.3, -0.25) is 0 Å². The van der Waals surface area contributed by atoms with Gasteiger partial charge in [0.2, 0.25) is 0 Å². The van der Waals surface area contributed by atoms with Crippen LogP contribution in [0, 0.1) is 11.3 Å². The summed E-state index contributed by atoms with van der Waals surface area (Å²) in [4.78, 5) is 0. The largest absolute Gasteiger partial charge is 0.313 e. The van der Waals surface area contributed by atoms with E-state index in [0.29, 0.717) is 5.92 Å². The summed E-state index contributed by atoms with van der Waals surface area (Å²) in [6, 6.07) is 0. The Bertz CT molecular complexity index is 106. The van der Waals surface area contributed by atoms with E-state index in [1.165, 1.54) is 25.7 Å². The van der Waals surface area contributed by atoms with Crippen molar-refractivity contribution in [2.45, 2.75) is 25.7 Å². The van der Waals surface area contributed by atoms with Gasteiger partial charge in [0.25, 0.3) is 0 Å². The number of nitrogens with one attached hydrogen (secondary N) is 1. The molecule has 0 saturated heterocycles. The highest BCUT2D eigenvalue weighted by molar-refractivity contribution is 5.56. The van der Waals surface area contributed by atoms with E-state index < -0.39 is 0 Å². The van der Waals surface area contributed by atoms with Crippen molar-refractivity contribution in [2.75, 3.05) is 0 Å². The van der Waals surface area contributed by atoms with Crippen molar-refractivity contribution in [1.29, 1.82) is 5.41 Å². The maximum atomic E-state index is 7.04. The van der Waals surface area contributed by atoms with Crippen LogP contribution in [0.15, 0.2) is 12.2 Å². The van der Waals surface area contributed by atoms with E-state index in [0.717, 1.165) is 0 Å². The predicted octanol–water partition coefficient (Wildman–Crippen LogP) is 2.38. The van der Waals surface area contributed by atoms with E-state index >= 15 is 0 Å². The Morgan fingerprint density at radius 3 is 2.22 bits per heavy atom. The summed E-state index contributed by atoms with van der Waals surface area (Å²) < 4.78 is 0. The maximum absolute atomic E-state index is 7.04. The molecule has 0 aromatic rings. The van der Waals surface area contributed by atoms with Crippen LogP contribution >= 0.6 is 0 Å². The van der Waals surface area contributed by atoms with Crippen molar-refractivity contribution in [2.24, 2.45) is 5.92 Å². The molecule has 0 fully saturated rings. The topological polar surface area (TPSA) is 23.9 Å². The molecule has 0 aliphatic heterocycles. The summed E-state index contributed by atoms with van der Waals surface area (Å²) in [7, 11) is 0. The minimum absolute atomic E-state index is 0.556. The van der Waals surface area contributed by atoms with Crippen LogP contribution in [0.25, 0.3) is 0 Å². The molecule has 1 N–H and O–H groups in total. The first-order chi connectivity index (χ1) is 4.43. The Morgan fingerprint density at radius 2 is 1.78 bits per heavy atom. The van der Waals surface area contributed by atoms with E-state index in [4.69, 9.17) is 5.41 Å². The van der Waals surface area contributed by atoms with Crippen molar-refractivity contribution in [3.63, 3.8) is 0 Å². The molecule has 0 heterocycles. The zero-order chi connectivity index (χ0) is 6.53. The average Bonchev–Trinajstić information content (AvgIpc) is 2.13. The van der Waals surface area contributed by atoms with Gasteiger partial charge < -0.3 is 5.41 Å². The minimum atomic E-state index is 0.556. The van der Waals surface area contributed by atoms with Crippen LogP contribution in [0.5, 0.6) is 0 Å². The van der Waals surface area contributed by atoms with Gasteiger partial charge in [-0.25, -0.2) is 0 Å². The fourth-order valence-electron chi connectivity index (χ4n) is 1.17. The van der Waals surface area contributed by atoms with Gasteiger partial charge in [0.15, 0.2) is 0 Å². The third-order valence-electron chi connectivity index (χ3n) is 1.81. The van der Waals surface area contributed by atoms with Crippen LogP contribution in [-0.4, -0.2) is 6.21 Å². The predicted molar refractivity (Wildman–Crippen MR) is 39.9 cm³/mol. The average molecular weight is 123 g/mol. The Hall–Kier alpha value is -0.590. The molecule has 0 radical (unpaired) electrons. The summed E-state index contributed by atoms with van der Waals surface area (Å²) in [5, 5.41) is 7.04. The lowest BCUT2D eigenvalue weighted by Crippen LogP contribution is -1.97. The van der Waals surface area contributed by atoms with Crippen LogP contribution in [-0.2, 0) is 0 Å². The summed E-state index contributed by atoms with van der Waals surface area (Å²) >= 11 is 0. The Morgan fingerprint density at radius 1 is 1.22 bits per heavy atom. The minimum Gasteiger partial charge on any atom is -0.313 e. The summed E-state index contributed by atoms with van der Waals surface area (Å²) in [6.45, 7) is 0. The van der Waals surface area contributed by atoms with Crippen molar-refractivity contribution in [1.82, 2.24) is 0 Å². The van der Waals surface area contributed by atoms with Gasteiger partial charge in [0.05, 0.1) is 0 Å². The summed E-state index contributed by atoms with van der Waals surface area (Å²) in [6.07, 6.45) is 10.7. The van der Waals surface area contributed by atoms with E-state index in [9.17, 15) is 0 Å². The third kappa shape index (κ3) is 2.00. The fourth-order valence-corrected chi connectivity index (χ4v) is 1.17. The molecule has 1 aliphatic rings. The van der Waals surface area contributed by atoms with Crippen molar-refractivity contribution in [3.8, 4) is 0 Å². The van der Waals surface area contributed by atoms with Crippen molar-refractivity contribution in [3.05, 3.63) is 12.2 Å². The van der Waals surface area contributed by atoms with Crippen molar-refractivity contribution >= 4 is 6.21 Å². The van der Waals surface area contributed by atoms with Crippen molar-refractivity contribution < 1.29 is 0 Å². The lowest BCUT2D eigenvalue weighted by Gasteiger charge is -2.03. The Labute approximate surface area is 56.3 Å². The molecule has 0 saturated carbocycles. The molecule has 0 aromatic carbocycles.